The number of carbonyl (C=O) groups excluding carboxylic acids is 1. The fraction of sp³-hybridized carbons (Fsp3) is 0.417. The van der Waals surface area contributed by atoms with E-state index in [1.807, 2.05) is 36.0 Å². The zero-order valence-electron chi connectivity index (χ0n) is 19.1. The molecule has 1 saturated heterocycles. The Labute approximate surface area is 213 Å². The summed E-state index contributed by atoms with van der Waals surface area (Å²) in [5.74, 6) is 3.22. The van der Waals surface area contributed by atoms with Crippen LogP contribution in [0.5, 0.6) is 0 Å². The molecule has 0 radical (unpaired) electrons. The Balaban J connectivity index is 0.00000363. The molecule has 2 aromatic rings. The lowest BCUT2D eigenvalue weighted by molar-refractivity contribution is 0.0827. The first-order valence-corrected chi connectivity index (χ1v) is 11.9. The van der Waals surface area contributed by atoms with Crippen molar-refractivity contribution in [3.05, 3.63) is 65.2 Å². The van der Waals surface area contributed by atoms with Crippen molar-refractivity contribution in [2.45, 2.75) is 13.0 Å². The molecule has 32 heavy (non-hydrogen) atoms. The van der Waals surface area contributed by atoms with E-state index >= 15 is 0 Å². The summed E-state index contributed by atoms with van der Waals surface area (Å²) in [7, 11) is 5.32. The van der Waals surface area contributed by atoms with Crippen molar-refractivity contribution in [1.29, 1.82) is 0 Å². The van der Waals surface area contributed by atoms with E-state index in [0.29, 0.717) is 0 Å². The number of benzene rings is 2. The van der Waals surface area contributed by atoms with Crippen molar-refractivity contribution >= 4 is 53.3 Å². The highest BCUT2D eigenvalue weighted by Crippen LogP contribution is 2.19. The van der Waals surface area contributed by atoms with Gasteiger partial charge in [-0.1, -0.05) is 24.3 Å². The maximum Gasteiger partial charge on any atom is 0.253 e. The van der Waals surface area contributed by atoms with Crippen molar-refractivity contribution in [2.24, 2.45) is 4.99 Å². The molecule has 6 nitrogen and oxygen atoms in total. The largest absolute Gasteiger partial charge is 0.370 e. The monoisotopic (exact) mass is 567 g/mol. The van der Waals surface area contributed by atoms with Gasteiger partial charge in [-0.05, 0) is 41.8 Å². The highest BCUT2D eigenvalue weighted by molar-refractivity contribution is 14.0. The molecule has 0 aromatic heterocycles. The number of carbonyl (C=O) groups is 1. The van der Waals surface area contributed by atoms with Crippen LogP contribution in [-0.2, 0) is 13.0 Å². The lowest BCUT2D eigenvalue weighted by atomic mass is 10.1. The molecular formula is C24H34IN5OS. The van der Waals surface area contributed by atoms with Gasteiger partial charge in [-0.25, -0.2) is 0 Å². The lowest BCUT2D eigenvalue weighted by Gasteiger charge is -2.28. The first-order chi connectivity index (χ1) is 15.1. The molecule has 1 aliphatic heterocycles. The van der Waals surface area contributed by atoms with Crippen LogP contribution in [0.4, 0.5) is 5.69 Å². The van der Waals surface area contributed by atoms with E-state index in [0.717, 1.165) is 49.7 Å². The van der Waals surface area contributed by atoms with Gasteiger partial charge in [-0.3, -0.25) is 9.79 Å². The molecule has 0 bridgehead atoms. The van der Waals surface area contributed by atoms with Crippen molar-refractivity contribution in [3.8, 4) is 0 Å². The predicted molar refractivity (Wildman–Crippen MR) is 148 cm³/mol. The van der Waals surface area contributed by atoms with E-state index in [4.69, 9.17) is 0 Å². The number of aliphatic imine (C=N–C) groups is 1. The summed E-state index contributed by atoms with van der Waals surface area (Å²) in [5, 5.41) is 6.73. The van der Waals surface area contributed by atoms with Gasteiger partial charge in [0.2, 0.25) is 0 Å². The van der Waals surface area contributed by atoms with Gasteiger partial charge in [-0.2, -0.15) is 11.8 Å². The molecule has 0 atom stereocenters. The van der Waals surface area contributed by atoms with Crippen LogP contribution in [-0.4, -0.2) is 69.0 Å². The summed E-state index contributed by atoms with van der Waals surface area (Å²) in [6.45, 7) is 3.73. The van der Waals surface area contributed by atoms with Crippen LogP contribution < -0.4 is 15.5 Å². The Hall–Kier alpha value is -1.94. The number of nitrogens with one attached hydrogen (secondary N) is 2. The summed E-state index contributed by atoms with van der Waals surface area (Å²) in [6.07, 6.45) is 0.818. The Morgan fingerprint density at radius 3 is 2.44 bits per heavy atom. The first kappa shape index (κ1) is 26.3. The van der Waals surface area contributed by atoms with E-state index in [9.17, 15) is 4.79 Å². The van der Waals surface area contributed by atoms with Gasteiger partial charge in [0.15, 0.2) is 5.96 Å². The molecule has 2 N–H and O–H groups in total. The average molecular weight is 568 g/mol. The van der Waals surface area contributed by atoms with Crippen molar-refractivity contribution in [2.75, 3.05) is 57.2 Å². The zero-order valence-corrected chi connectivity index (χ0v) is 22.3. The number of hydrogen-bond acceptors (Lipinski definition) is 4. The number of anilines is 1. The minimum absolute atomic E-state index is 0. The molecule has 0 saturated carbocycles. The van der Waals surface area contributed by atoms with E-state index in [1.54, 1.807) is 26.0 Å². The minimum Gasteiger partial charge on any atom is -0.370 e. The Kier molecular flexibility index (Phi) is 11.2. The smallest absolute Gasteiger partial charge is 0.253 e. The Morgan fingerprint density at radius 2 is 1.78 bits per heavy atom. The molecule has 0 spiro atoms. The molecule has 1 amide bonds. The van der Waals surface area contributed by atoms with Gasteiger partial charge in [0.25, 0.3) is 5.91 Å². The maximum atomic E-state index is 12.1. The van der Waals surface area contributed by atoms with Crippen LogP contribution in [0, 0.1) is 0 Å². The molecular weight excluding hydrogens is 533 g/mol. The zero-order chi connectivity index (χ0) is 22.1. The highest BCUT2D eigenvalue weighted by Gasteiger charge is 2.11. The third-order valence-electron chi connectivity index (χ3n) is 5.28. The van der Waals surface area contributed by atoms with Gasteiger partial charge in [-0.15, -0.1) is 24.0 Å². The van der Waals surface area contributed by atoms with E-state index in [2.05, 4.69) is 44.8 Å². The fourth-order valence-corrected chi connectivity index (χ4v) is 4.40. The number of halogens is 1. The third-order valence-corrected chi connectivity index (χ3v) is 6.22. The summed E-state index contributed by atoms with van der Waals surface area (Å²) in [6, 6.07) is 16.6. The molecule has 3 rings (SSSR count). The Morgan fingerprint density at radius 1 is 1.06 bits per heavy atom. The number of thioether (sulfide) groups is 1. The summed E-state index contributed by atoms with van der Waals surface area (Å²) >= 11 is 2.03. The van der Waals surface area contributed by atoms with Gasteiger partial charge < -0.3 is 20.4 Å². The summed E-state index contributed by atoms with van der Waals surface area (Å²) in [5.41, 5.74) is 4.38. The van der Waals surface area contributed by atoms with Crippen LogP contribution in [0.2, 0.25) is 0 Å². The number of guanidine groups is 1. The second-order valence-electron chi connectivity index (χ2n) is 7.77. The van der Waals surface area contributed by atoms with Crippen molar-refractivity contribution in [1.82, 2.24) is 15.5 Å². The SMILES string of the molecule is CN=C(NCCc1cccc(C(=O)N(C)C)c1)NCc1ccc(N2CCSCC2)cc1.I. The van der Waals surface area contributed by atoms with Gasteiger partial charge >= 0.3 is 0 Å². The average Bonchev–Trinajstić information content (AvgIpc) is 2.81. The van der Waals surface area contributed by atoms with Crippen LogP contribution >= 0.6 is 35.7 Å². The van der Waals surface area contributed by atoms with E-state index in [1.165, 1.54) is 22.8 Å². The fourth-order valence-electron chi connectivity index (χ4n) is 3.50. The van der Waals surface area contributed by atoms with Crippen LogP contribution in [0.3, 0.4) is 0 Å². The molecule has 8 heteroatoms. The molecule has 0 unspecified atom stereocenters. The number of nitrogens with zero attached hydrogens (tertiary/aromatic N) is 3. The molecule has 1 heterocycles. The molecule has 0 aliphatic carbocycles. The second-order valence-corrected chi connectivity index (χ2v) is 8.99. The van der Waals surface area contributed by atoms with Gasteiger partial charge in [0, 0.05) is 70.1 Å². The van der Waals surface area contributed by atoms with Crippen LogP contribution in [0.15, 0.2) is 53.5 Å². The topological polar surface area (TPSA) is 60.0 Å². The Bertz CT molecular complexity index is 882. The van der Waals surface area contributed by atoms with Gasteiger partial charge in [0.1, 0.15) is 0 Å². The molecule has 2 aromatic carbocycles. The van der Waals surface area contributed by atoms with Crippen molar-refractivity contribution in [3.63, 3.8) is 0 Å². The van der Waals surface area contributed by atoms with E-state index in [-0.39, 0.29) is 29.9 Å². The number of rotatable bonds is 7. The lowest BCUT2D eigenvalue weighted by Crippen LogP contribution is -2.37. The van der Waals surface area contributed by atoms with E-state index < -0.39 is 0 Å². The first-order valence-electron chi connectivity index (χ1n) is 10.7. The standard InChI is InChI=1S/C24H33N5OS.HI/c1-25-24(26-12-11-19-5-4-6-21(17-19)23(30)28(2)3)27-18-20-7-9-22(10-8-20)29-13-15-31-16-14-29;/h4-10,17H,11-16,18H2,1-3H3,(H2,25,26,27);1H. The maximum absolute atomic E-state index is 12.1. The predicted octanol–water partition coefficient (Wildman–Crippen LogP) is 3.47. The summed E-state index contributed by atoms with van der Waals surface area (Å²) in [4.78, 5) is 20.5. The molecule has 1 aliphatic rings. The molecule has 174 valence electrons. The van der Waals surface area contributed by atoms with Crippen molar-refractivity contribution < 1.29 is 4.79 Å². The number of hydrogen-bond donors (Lipinski definition) is 2. The normalized spacial score (nSPS) is 13.8. The quantitative estimate of drug-likeness (QED) is 0.305. The molecule has 1 fully saturated rings. The van der Waals surface area contributed by atoms with Crippen LogP contribution in [0.1, 0.15) is 21.5 Å². The minimum atomic E-state index is 0. The second kappa shape index (κ2) is 13.6. The number of amides is 1. The van der Waals surface area contributed by atoms with Gasteiger partial charge in [0.05, 0.1) is 0 Å². The summed E-state index contributed by atoms with van der Waals surface area (Å²) < 4.78 is 0. The third kappa shape index (κ3) is 7.88. The highest BCUT2D eigenvalue weighted by atomic mass is 127. The van der Waals surface area contributed by atoms with Crippen LogP contribution in [0.25, 0.3) is 0 Å².